The minimum atomic E-state index is -2.00. The number of unbranched alkanes of at least 4 members (excludes halogenated alkanes) is 1. The first-order valence-electron chi connectivity index (χ1n) is 6.44. The third-order valence-corrected chi connectivity index (χ3v) is 6.77. The van der Waals surface area contributed by atoms with Crippen LogP contribution in [0.2, 0.25) is 12.1 Å². The van der Waals surface area contributed by atoms with Crippen molar-refractivity contribution in [1.82, 2.24) is 0 Å². The summed E-state index contributed by atoms with van der Waals surface area (Å²) in [7, 11) is 1.46. The molecule has 0 saturated carbocycles. The van der Waals surface area contributed by atoms with E-state index in [-0.39, 0.29) is 5.97 Å². The van der Waals surface area contributed by atoms with Crippen molar-refractivity contribution in [1.29, 1.82) is 0 Å². The molecule has 5 heteroatoms. The Bertz CT molecular complexity index is 262. The maximum atomic E-state index is 11.2. The molecule has 18 heavy (non-hydrogen) atoms. The summed E-state index contributed by atoms with van der Waals surface area (Å²) in [6.07, 6.45) is 2.86. The minimum Gasteiger partial charge on any atom is -0.462 e. The first-order valence-corrected chi connectivity index (χ1v) is 8.67. The SMILES string of the molecule is C=C(C)C(=O)OCCCC[Si](CCC)(OC)OC. The lowest BCUT2D eigenvalue weighted by Crippen LogP contribution is -2.39. The summed E-state index contributed by atoms with van der Waals surface area (Å²) >= 11 is 0. The van der Waals surface area contributed by atoms with Crippen LogP contribution in [-0.4, -0.2) is 35.4 Å². The molecule has 0 rings (SSSR count). The van der Waals surface area contributed by atoms with Gasteiger partial charge in [0.2, 0.25) is 0 Å². The van der Waals surface area contributed by atoms with Crippen molar-refractivity contribution >= 4 is 14.5 Å². The van der Waals surface area contributed by atoms with E-state index in [4.69, 9.17) is 13.6 Å². The van der Waals surface area contributed by atoms with Crippen LogP contribution in [0.4, 0.5) is 0 Å². The van der Waals surface area contributed by atoms with Crippen LogP contribution in [0, 0.1) is 0 Å². The second-order valence-electron chi connectivity index (χ2n) is 4.44. The Labute approximate surface area is 112 Å². The Morgan fingerprint density at radius 3 is 2.22 bits per heavy atom. The smallest absolute Gasteiger partial charge is 0.337 e. The summed E-state index contributed by atoms with van der Waals surface area (Å²) in [6, 6.07) is 1.95. The van der Waals surface area contributed by atoms with Gasteiger partial charge in [-0.15, -0.1) is 0 Å². The lowest BCUT2D eigenvalue weighted by molar-refractivity contribution is -0.139. The Hall–Kier alpha value is -0.653. The van der Waals surface area contributed by atoms with Gasteiger partial charge in [0.15, 0.2) is 0 Å². The van der Waals surface area contributed by atoms with Gasteiger partial charge in [-0.25, -0.2) is 4.79 Å². The van der Waals surface area contributed by atoms with Gasteiger partial charge in [-0.3, -0.25) is 0 Å². The van der Waals surface area contributed by atoms with Crippen molar-refractivity contribution in [3.05, 3.63) is 12.2 Å². The fraction of sp³-hybridized carbons (Fsp3) is 0.769. The molecule has 106 valence electrons. The quantitative estimate of drug-likeness (QED) is 0.266. The summed E-state index contributed by atoms with van der Waals surface area (Å²) < 4.78 is 16.2. The third-order valence-electron chi connectivity index (χ3n) is 2.91. The predicted molar refractivity (Wildman–Crippen MR) is 74.7 cm³/mol. The summed E-state index contributed by atoms with van der Waals surface area (Å²) in [4.78, 5) is 11.2. The van der Waals surface area contributed by atoms with Crippen LogP contribution in [0.25, 0.3) is 0 Å². The van der Waals surface area contributed by atoms with E-state index in [0.717, 1.165) is 31.4 Å². The highest BCUT2D eigenvalue weighted by Gasteiger charge is 2.33. The molecule has 0 spiro atoms. The maximum absolute atomic E-state index is 11.2. The number of rotatable bonds is 10. The van der Waals surface area contributed by atoms with E-state index in [1.54, 1.807) is 21.1 Å². The van der Waals surface area contributed by atoms with Crippen LogP contribution in [0.15, 0.2) is 12.2 Å². The van der Waals surface area contributed by atoms with Gasteiger partial charge < -0.3 is 13.6 Å². The molecule has 0 aromatic heterocycles. The summed E-state index contributed by atoms with van der Waals surface area (Å²) in [5, 5.41) is 0. The first kappa shape index (κ1) is 17.3. The van der Waals surface area contributed by atoms with Gasteiger partial charge >= 0.3 is 14.5 Å². The molecule has 0 heterocycles. The lowest BCUT2D eigenvalue weighted by atomic mass is 10.3. The van der Waals surface area contributed by atoms with Crippen LogP contribution < -0.4 is 0 Å². The van der Waals surface area contributed by atoms with Gasteiger partial charge in [-0.2, -0.15) is 0 Å². The van der Waals surface area contributed by atoms with Crippen molar-refractivity contribution < 1.29 is 18.4 Å². The summed E-state index contributed by atoms with van der Waals surface area (Å²) in [5.74, 6) is -0.314. The number of carbonyl (C=O) groups is 1. The Morgan fingerprint density at radius 2 is 1.78 bits per heavy atom. The molecule has 0 N–H and O–H groups in total. The molecular weight excluding hydrogens is 248 g/mol. The zero-order valence-corrected chi connectivity index (χ0v) is 13.1. The fourth-order valence-corrected chi connectivity index (χ4v) is 4.57. The van der Waals surface area contributed by atoms with E-state index in [2.05, 4.69) is 13.5 Å². The summed E-state index contributed by atoms with van der Waals surface area (Å²) in [5.41, 5.74) is 0.443. The zero-order chi connectivity index (χ0) is 14.0. The molecule has 0 amide bonds. The fourth-order valence-electron chi connectivity index (χ4n) is 1.78. The normalized spacial score (nSPS) is 11.3. The van der Waals surface area contributed by atoms with E-state index < -0.39 is 8.56 Å². The van der Waals surface area contributed by atoms with Gasteiger partial charge in [-0.05, 0) is 31.9 Å². The van der Waals surface area contributed by atoms with Gasteiger partial charge in [0, 0.05) is 19.8 Å². The molecule has 0 aromatic rings. The predicted octanol–water partition coefficient (Wildman–Crippen LogP) is 3.03. The molecule has 4 nitrogen and oxygen atoms in total. The number of esters is 1. The maximum Gasteiger partial charge on any atom is 0.337 e. The second-order valence-corrected chi connectivity index (χ2v) is 8.08. The average molecular weight is 274 g/mol. The van der Waals surface area contributed by atoms with Crippen molar-refractivity contribution in [3.8, 4) is 0 Å². The molecule has 0 bridgehead atoms. The number of ether oxygens (including phenoxy) is 1. The van der Waals surface area contributed by atoms with Gasteiger partial charge in [0.25, 0.3) is 0 Å². The largest absolute Gasteiger partial charge is 0.462 e. The monoisotopic (exact) mass is 274 g/mol. The number of hydrogen-bond donors (Lipinski definition) is 0. The van der Waals surface area contributed by atoms with Crippen LogP contribution in [0.3, 0.4) is 0 Å². The van der Waals surface area contributed by atoms with Crippen molar-refractivity contribution in [2.24, 2.45) is 0 Å². The standard InChI is InChI=1S/C13H26O4Si/c1-6-10-18(15-4,16-5)11-8-7-9-17-13(14)12(2)3/h2,6-11H2,1,3-5H3. The number of carbonyl (C=O) groups excluding carboxylic acids is 1. The van der Waals surface area contributed by atoms with Gasteiger partial charge in [-0.1, -0.05) is 19.9 Å². The van der Waals surface area contributed by atoms with Gasteiger partial charge in [0.05, 0.1) is 6.61 Å². The molecule has 0 unspecified atom stereocenters. The van der Waals surface area contributed by atoms with Crippen LogP contribution in [0.1, 0.15) is 33.1 Å². The van der Waals surface area contributed by atoms with Crippen LogP contribution in [0.5, 0.6) is 0 Å². The number of hydrogen-bond acceptors (Lipinski definition) is 4. The highest BCUT2D eigenvalue weighted by Crippen LogP contribution is 2.22. The van der Waals surface area contributed by atoms with Crippen molar-refractivity contribution in [3.63, 3.8) is 0 Å². The molecular formula is C13H26O4Si. The molecule has 0 aliphatic rings. The molecule has 0 aliphatic heterocycles. The third kappa shape index (κ3) is 6.33. The second kappa shape index (κ2) is 9.30. The van der Waals surface area contributed by atoms with Crippen LogP contribution in [-0.2, 0) is 18.4 Å². The summed E-state index contributed by atoms with van der Waals surface area (Å²) in [6.45, 7) is 7.76. The van der Waals surface area contributed by atoms with E-state index >= 15 is 0 Å². The zero-order valence-electron chi connectivity index (χ0n) is 12.1. The average Bonchev–Trinajstić information content (AvgIpc) is 2.36. The van der Waals surface area contributed by atoms with Crippen molar-refractivity contribution in [2.75, 3.05) is 20.8 Å². The van der Waals surface area contributed by atoms with E-state index in [9.17, 15) is 4.79 Å². The Morgan fingerprint density at radius 1 is 1.17 bits per heavy atom. The molecule has 0 saturated heterocycles. The van der Waals surface area contributed by atoms with E-state index in [0.29, 0.717) is 12.2 Å². The molecule has 0 atom stereocenters. The van der Waals surface area contributed by atoms with E-state index in [1.165, 1.54) is 0 Å². The van der Waals surface area contributed by atoms with Gasteiger partial charge in [0.1, 0.15) is 0 Å². The lowest BCUT2D eigenvalue weighted by Gasteiger charge is -2.26. The van der Waals surface area contributed by atoms with E-state index in [1.807, 2.05) is 0 Å². The molecule has 0 aliphatic carbocycles. The van der Waals surface area contributed by atoms with Crippen molar-refractivity contribution in [2.45, 2.75) is 45.2 Å². The topological polar surface area (TPSA) is 44.8 Å². The Kier molecular flexibility index (Phi) is 8.96. The molecule has 0 fully saturated rings. The molecule has 0 aromatic carbocycles. The Balaban J connectivity index is 3.87. The molecule has 0 radical (unpaired) electrons. The van der Waals surface area contributed by atoms with Crippen LogP contribution >= 0.6 is 0 Å². The highest BCUT2D eigenvalue weighted by molar-refractivity contribution is 6.67. The first-order chi connectivity index (χ1) is 8.51. The highest BCUT2D eigenvalue weighted by atomic mass is 28.4. The minimum absolute atomic E-state index is 0.314.